The molecule has 0 aliphatic rings. The van der Waals surface area contributed by atoms with Gasteiger partial charge in [-0.05, 0) is 29.5 Å². The van der Waals surface area contributed by atoms with E-state index in [0.717, 1.165) is 5.56 Å². The summed E-state index contributed by atoms with van der Waals surface area (Å²) in [4.78, 5) is 25.3. The fraction of sp³-hybridized carbons (Fsp3) is 0.417. The highest BCUT2D eigenvalue weighted by Crippen LogP contribution is 2.29. The van der Waals surface area contributed by atoms with E-state index >= 15 is 0 Å². The molecule has 0 aromatic heterocycles. The normalized spacial score (nSPS) is 14.4. The van der Waals surface area contributed by atoms with Crippen molar-refractivity contribution in [2.24, 2.45) is 17.1 Å². The quantitative estimate of drug-likeness (QED) is 0.509. The molecular formula is C24H33N3O3. The predicted molar refractivity (Wildman–Crippen MR) is 120 cm³/mol. The van der Waals surface area contributed by atoms with Crippen LogP contribution in [0, 0.1) is 11.3 Å². The molecule has 0 aliphatic carbocycles. The summed E-state index contributed by atoms with van der Waals surface area (Å²) < 4.78 is 0. The zero-order chi connectivity index (χ0) is 22.1. The predicted octanol–water partition coefficient (Wildman–Crippen LogP) is 2.72. The molecule has 0 unspecified atom stereocenters. The van der Waals surface area contributed by atoms with Gasteiger partial charge in [0, 0.05) is 24.7 Å². The molecule has 2 amide bonds. The molecule has 0 spiro atoms. The number of nitrogens with one attached hydrogen (secondary N) is 2. The number of aliphatic hydroxyl groups is 1. The number of nitrogens with two attached hydrogens (primary N) is 1. The van der Waals surface area contributed by atoms with Crippen LogP contribution in [0.2, 0.25) is 0 Å². The van der Waals surface area contributed by atoms with Crippen LogP contribution in [0.3, 0.4) is 0 Å². The van der Waals surface area contributed by atoms with E-state index in [1.807, 2.05) is 69.3 Å². The van der Waals surface area contributed by atoms with Crippen LogP contribution in [0.15, 0.2) is 60.7 Å². The molecular weight excluding hydrogens is 378 g/mol. The summed E-state index contributed by atoms with van der Waals surface area (Å²) in [5.74, 6) is -1.03. The monoisotopic (exact) mass is 411 g/mol. The highest BCUT2D eigenvalue weighted by Gasteiger charge is 2.33. The second-order valence-electron chi connectivity index (χ2n) is 8.70. The fourth-order valence-corrected chi connectivity index (χ4v) is 3.21. The number of para-hydroxylation sites is 1. The van der Waals surface area contributed by atoms with Gasteiger partial charge in [-0.15, -0.1) is 0 Å². The maximum absolute atomic E-state index is 12.8. The van der Waals surface area contributed by atoms with Gasteiger partial charge < -0.3 is 21.5 Å². The first-order valence-electron chi connectivity index (χ1n) is 10.3. The van der Waals surface area contributed by atoms with E-state index < -0.39 is 23.5 Å². The minimum absolute atomic E-state index is 0.0414. The SMILES string of the molecule is CC(C)(C)[C@@H](CC(=O)Nc1ccccc1)C(=O)NC[C@@H](O)[C@@H](N)Cc1ccccc1. The lowest BCUT2D eigenvalue weighted by Gasteiger charge is -2.30. The van der Waals surface area contributed by atoms with Crippen LogP contribution < -0.4 is 16.4 Å². The summed E-state index contributed by atoms with van der Waals surface area (Å²) in [5.41, 5.74) is 7.40. The maximum Gasteiger partial charge on any atom is 0.225 e. The molecule has 0 aliphatic heterocycles. The molecule has 0 saturated heterocycles. The summed E-state index contributed by atoms with van der Waals surface area (Å²) in [7, 11) is 0. The first kappa shape index (κ1) is 23.6. The summed E-state index contributed by atoms with van der Waals surface area (Å²) in [6.07, 6.45) is -0.316. The Morgan fingerprint density at radius 3 is 2.13 bits per heavy atom. The van der Waals surface area contributed by atoms with Gasteiger partial charge in [0.1, 0.15) is 0 Å². The van der Waals surface area contributed by atoms with Crippen LogP contribution in [0.4, 0.5) is 5.69 Å². The molecule has 6 heteroatoms. The fourth-order valence-electron chi connectivity index (χ4n) is 3.21. The van der Waals surface area contributed by atoms with E-state index in [1.165, 1.54) is 0 Å². The second kappa shape index (κ2) is 10.9. The smallest absolute Gasteiger partial charge is 0.225 e. The topological polar surface area (TPSA) is 104 Å². The summed E-state index contributed by atoms with van der Waals surface area (Å²) >= 11 is 0. The van der Waals surface area contributed by atoms with Crippen molar-refractivity contribution in [3.63, 3.8) is 0 Å². The van der Waals surface area contributed by atoms with E-state index in [1.54, 1.807) is 12.1 Å². The van der Waals surface area contributed by atoms with Crippen molar-refractivity contribution in [1.29, 1.82) is 0 Å². The van der Waals surface area contributed by atoms with Crippen molar-refractivity contribution < 1.29 is 14.7 Å². The van der Waals surface area contributed by atoms with Crippen molar-refractivity contribution in [3.05, 3.63) is 66.2 Å². The standard InChI is InChI=1S/C24H33N3O3/c1-24(2,3)19(15-22(29)27-18-12-8-5-9-13-18)23(30)26-16-21(28)20(25)14-17-10-6-4-7-11-17/h4-13,19-21,28H,14-16,25H2,1-3H3,(H,26,30)(H,27,29)/t19-,20-,21+/m0/s1. The molecule has 5 N–H and O–H groups in total. The number of amides is 2. The Hall–Kier alpha value is -2.70. The minimum atomic E-state index is -0.882. The van der Waals surface area contributed by atoms with Crippen molar-refractivity contribution in [1.82, 2.24) is 5.32 Å². The summed E-state index contributed by atoms with van der Waals surface area (Å²) in [6, 6.07) is 18.3. The highest BCUT2D eigenvalue weighted by molar-refractivity contribution is 5.94. The van der Waals surface area contributed by atoms with E-state index in [2.05, 4.69) is 10.6 Å². The van der Waals surface area contributed by atoms with Gasteiger partial charge >= 0.3 is 0 Å². The molecule has 2 aromatic rings. The number of carbonyl (C=O) groups excluding carboxylic acids is 2. The van der Waals surface area contributed by atoms with E-state index in [4.69, 9.17) is 5.73 Å². The number of hydrogen-bond acceptors (Lipinski definition) is 4. The number of carbonyl (C=O) groups is 2. The number of hydrogen-bond donors (Lipinski definition) is 4. The first-order chi connectivity index (χ1) is 14.2. The van der Waals surface area contributed by atoms with Gasteiger partial charge in [-0.2, -0.15) is 0 Å². The number of benzene rings is 2. The molecule has 0 saturated carbocycles. The van der Waals surface area contributed by atoms with Crippen LogP contribution in [0.1, 0.15) is 32.8 Å². The third kappa shape index (κ3) is 7.61. The Morgan fingerprint density at radius 2 is 1.57 bits per heavy atom. The van der Waals surface area contributed by atoms with Crippen LogP contribution in [-0.2, 0) is 16.0 Å². The molecule has 0 heterocycles. The molecule has 0 bridgehead atoms. The van der Waals surface area contributed by atoms with Crippen molar-refractivity contribution in [2.75, 3.05) is 11.9 Å². The van der Waals surface area contributed by atoms with Gasteiger partial charge in [0.2, 0.25) is 11.8 Å². The van der Waals surface area contributed by atoms with Crippen LogP contribution in [0.25, 0.3) is 0 Å². The first-order valence-corrected chi connectivity index (χ1v) is 10.3. The third-order valence-corrected chi connectivity index (χ3v) is 5.10. The van der Waals surface area contributed by atoms with Crippen molar-refractivity contribution in [2.45, 2.75) is 45.8 Å². The zero-order valence-electron chi connectivity index (χ0n) is 18.0. The number of aliphatic hydroxyl groups excluding tert-OH is 1. The Bertz CT molecular complexity index is 803. The largest absolute Gasteiger partial charge is 0.390 e. The van der Waals surface area contributed by atoms with Gasteiger partial charge in [0.15, 0.2) is 0 Å². The van der Waals surface area contributed by atoms with Gasteiger partial charge in [-0.25, -0.2) is 0 Å². The highest BCUT2D eigenvalue weighted by atomic mass is 16.3. The molecule has 30 heavy (non-hydrogen) atoms. The molecule has 6 nitrogen and oxygen atoms in total. The van der Waals surface area contributed by atoms with Gasteiger partial charge in [0.05, 0.1) is 12.0 Å². The zero-order valence-corrected chi connectivity index (χ0v) is 18.0. The van der Waals surface area contributed by atoms with Crippen LogP contribution in [-0.4, -0.2) is 35.6 Å². The second-order valence-corrected chi connectivity index (χ2v) is 8.70. The summed E-state index contributed by atoms with van der Waals surface area (Å²) in [6.45, 7) is 5.81. The average molecular weight is 412 g/mol. The van der Waals surface area contributed by atoms with Gasteiger partial charge in [0.25, 0.3) is 0 Å². The van der Waals surface area contributed by atoms with Crippen LogP contribution >= 0.6 is 0 Å². The van der Waals surface area contributed by atoms with E-state index in [9.17, 15) is 14.7 Å². The molecule has 0 radical (unpaired) electrons. The lowest BCUT2D eigenvalue weighted by Crippen LogP contribution is -2.47. The molecule has 2 aromatic carbocycles. The van der Waals surface area contributed by atoms with E-state index in [-0.39, 0.29) is 24.8 Å². The maximum atomic E-state index is 12.8. The Labute approximate surface area is 178 Å². The Morgan fingerprint density at radius 1 is 1.00 bits per heavy atom. The minimum Gasteiger partial charge on any atom is -0.390 e. The van der Waals surface area contributed by atoms with Crippen LogP contribution in [0.5, 0.6) is 0 Å². The Balaban J connectivity index is 1.90. The van der Waals surface area contributed by atoms with Gasteiger partial charge in [-0.1, -0.05) is 69.3 Å². The number of rotatable bonds is 9. The van der Waals surface area contributed by atoms with Gasteiger partial charge in [-0.3, -0.25) is 9.59 Å². The van der Waals surface area contributed by atoms with Crippen molar-refractivity contribution >= 4 is 17.5 Å². The average Bonchev–Trinajstić information content (AvgIpc) is 2.70. The molecule has 162 valence electrons. The van der Waals surface area contributed by atoms with Crippen molar-refractivity contribution in [3.8, 4) is 0 Å². The lowest BCUT2D eigenvalue weighted by atomic mass is 9.78. The molecule has 0 fully saturated rings. The lowest BCUT2D eigenvalue weighted by molar-refractivity contribution is -0.132. The molecule has 3 atom stereocenters. The number of anilines is 1. The molecule has 2 rings (SSSR count). The van der Waals surface area contributed by atoms with E-state index in [0.29, 0.717) is 12.1 Å². The Kier molecular flexibility index (Phi) is 8.57. The summed E-state index contributed by atoms with van der Waals surface area (Å²) in [5, 5.41) is 16.0. The third-order valence-electron chi connectivity index (χ3n) is 5.10.